The van der Waals surface area contributed by atoms with E-state index in [0.717, 1.165) is 16.5 Å². The average Bonchev–Trinajstić information content (AvgIpc) is 2.84. The molecule has 0 aliphatic heterocycles. The first kappa shape index (κ1) is 16.9. The standard InChI is InChI=1S/C17H22ClNS2/c1-4-14(19)17(15-5-6-16(18)21-15)20-10-13-8-11(2)7-12(3)9-13/h5-9,14,17H,4,10,19H2,1-3H3. The highest BCUT2D eigenvalue weighted by Crippen LogP contribution is 2.39. The highest BCUT2D eigenvalue weighted by Gasteiger charge is 2.21. The monoisotopic (exact) mass is 339 g/mol. The summed E-state index contributed by atoms with van der Waals surface area (Å²) in [5.41, 5.74) is 10.3. The summed E-state index contributed by atoms with van der Waals surface area (Å²) in [7, 11) is 0. The van der Waals surface area contributed by atoms with Gasteiger partial charge in [0.1, 0.15) is 0 Å². The van der Waals surface area contributed by atoms with Gasteiger partial charge in [0.05, 0.1) is 9.59 Å². The lowest BCUT2D eigenvalue weighted by atomic mass is 10.1. The fraction of sp³-hybridized carbons (Fsp3) is 0.412. The van der Waals surface area contributed by atoms with E-state index >= 15 is 0 Å². The highest BCUT2D eigenvalue weighted by molar-refractivity contribution is 7.98. The van der Waals surface area contributed by atoms with Gasteiger partial charge < -0.3 is 5.73 Å². The van der Waals surface area contributed by atoms with Crippen molar-refractivity contribution in [1.82, 2.24) is 0 Å². The molecule has 1 nitrogen and oxygen atoms in total. The van der Waals surface area contributed by atoms with Crippen LogP contribution in [0.25, 0.3) is 0 Å². The smallest absolute Gasteiger partial charge is 0.0931 e. The van der Waals surface area contributed by atoms with Crippen molar-refractivity contribution in [3.63, 3.8) is 0 Å². The minimum absolute atomic E-state index is 0.163. The van der Waals surface area contributed by atoms with Crippen molar-refractivity contribution in [3.8, 4) is 0 Å². The van der Waals surface area contributed by atoms with Crippen LogP contribution in [0.5, 0.6) is 0 Å². The molecule has 1 heterocycles. The molecule has 1 aromatic carbocycles. The largest absolute Gasteiger partial charge is 0.326 e. The predicted octanol–water partition coefficient (Wildman–Crippen LogP) is 5.73. The number of benzene rings is 1. The Bertz CT molecular complexity index is 574. The lowest BCUT2D eigenvalue weighted by Crippen LogP contribution is -2.25. The summed E-state index contributed by atoms with van der Waals surface area (Å²) in [6, 6.07) is 11.0. The molecule has 0 radical (unpaired) electrons. The Hall–Kier alpha value is -0.480. The zero-order valence-electron chi connectivity index (χ0n) is 12.7. The quantitative estimate of drug-likeness (QED) is 0.727. The first-order valence-electron chi connectivity index (χ1n) is 7.19. The van der Waals surface area contributed by atoms with Crippen molar-refractivity contribution < 1.29 is 0 Å². The first-order chi connectivity index (χ1) is 9.99. The summed E-state index contributed by atoms with van der Waals surface area (Å²) in [5.74, 6) is 0.983. The van der Waals surface area contributed by atoms with Crippen molar-refractivity contribution in [2.45, 2.75) is 44.2 Å². The third-order valence-electron chi connectivity index (χ3n) is 3.45. The molecular weight excluding hydrogens is 318 g/mol. The van der Waals surface area contributed by atoms with E-state index in [1.54, 1.807) is 11.3 Å². The molecule has 0 spiro atoms. The van der Waals surface area contributed by atoms with Gasteiger partial charge in [0, 0.05) is 16.7 Å². The molecule has 2 atom stereocenters. The van der Waals surface area contributed by atoms with Gasteiger partial charge in [0.2, 0.25) is 0 Å². The number of thioether (sulfide) groups is 1. The number of nitrogens with two attached hydrogens (primary N) is 1. The summed E-state index contributed by atoms with van der Waals surface area (Å²) >= 11 is 9.64. The topological polar surface area (TPSA) is 26.0 Å². The van der Waals surface area contributed by atoms with Gasteiger partial charge in [-0.25, -0.2) is 0 Å². The van der Waals surface area contributed by atoms with Crippen molar-refractivity contribution in [2.24, 2.45) is 5.73 Å². The Morgan fingerprint density at radius 3 is 2.38 bits per heavy atom. The van der Waals surface area contributed by atoms with Crippen LogP contribution in [-0.2, 0) is 5.75 Å². The zero-order valence-corrected chi connectivity index (χ0v) is 15.1. The minimum atomic E-state index is 0.163. The fourth-order valence-electron chi connectivity index (χ4n) is 2.45. The van der Waals surface area contributed by atoms with E-state index in [9.17, 15) is 0 Å². The predicted molar refractivity (Wildman–Crippen MR) is 97.5 cm³/mol. The Labute approximate surface area is 140 Å². The van der Waals surface area contributed by atoms with E-state index in [4.69, 9.17) is 17.3 Å². The molecule has 0 saturated heterocycles. The van der Waals surface area contributed by atoms with Crippen molar-refractivity contribution >= 4 is 34.7 Å². The Morgan fingerprint density at radius 1 is 1.19 bits per heavy atom. The van der Waals surface area contributed by atoms with E-state index in [-0.39, 0.29) is 6.04 Å². The molecule has 0 amide bonds. The molecule has 0 aliphatic carbocycles. The van der Waals surface area contributed by atoms with E-state index in [2.05, 4.69) is 45.0 Å². The van der Waals surface area contributed by atoms with Gasteiger partial charge in [-0.15, -0.1) is 23.1 Å². The van der Waals surface area contributed by atoms with Gasteiger partial charge in [-0.3, -0.25) is 0 Å². The van der Waals surface area contributed by atoms with Gasteiger partial charge >= 0.3 is 0 Å². The molecule has 0 aliphatic rings. The molecule has 2 rings (SSSR count). The van der Waals surface area contributed by atoms with Crippen LogP contribution in [0.4, 0.5) is 0 Å². The normalized spacial score (nSPS) is 14.1. The van der Waals surface area contributed by atoms with Gasteiger partial charge in [0.25, 0.3) is 0 Å². The fourth-order valence-corrected chi connectivity index (χ4v) is 5.14. The van der Waals surface area contributed by atoms with Crippen LogP contribution < -0.4 is 5.73 Å². The maximum Gasteiger partial charge on any atom is 0.0931 e. The lowest BCUT2D eigenvalue weighted by Gasteiger charge is -2.21. The zero-order chi connectivity index (χ0) is 15.4. The summed E-state index contributed by atoms with van der Waals surface area (Å²) in [5, 5.41) is 0.313. The number of thiophene rings is 1. The molecule has 2 N–H and O–H groups in total. The van der Waals surface area contributed by atoms with E-state index in [1.165, 1.54) is 21.6 Å². The van der Waals surface area contributed by atoms with E-state index in [0.29, 0.717) is 5.25 Å². The van der Waals surface area contributed by atoms with Gasteiger partial charge in [-0.2, -0.15) is 0 Å². The number of aryl methyl sites for hydroxylation is 2. The van der Waals surface area contributed by atoms with Gasteiger partial charge in [0.15, 0.2) is 0 Å². The second-order valence-corrected chi connectivity index (χ2v) is 8.32. The number of hydrogen-bond donors (Lipinski definition) is 1. The average molecular weight is 340 g/mol. The number of hydrogen-bond acceptors (Lipinski definition) is 3. The second kappa shape index (κ2) is 7.68. The van der Waals surface area contributed by atoms with E-state index < -0.39 is 0 Å². The summed E-state index contributed by atoms with van der Waals surface area (Å²) in [6.45, 7) is 6.44. The molecule has 4 heteroatoms. The Kier molecular flexibility index (Phi) is 6.18. The van der Waals surface area contributed by atoms with Crippen LogP contribution in [0.15, 0.2) is 30.3 Å². The molecule has 2 aromatic rings. The summed E-state index contributed by atoms with van der Waals surface area (Å²) < 4.78 is 0.838. The summed E-state index contributed by atoms with van der Waals surface area (Å²) in [4.78, 5) is 1.28. The van der Waals surface area contributed by atoms with Gasteiger partial charge in [-0.1, -0.05) is 47.9 Å². The van der Waals surface area contributed by atoms with Crippen LogP contribution in [-0.4, -0.2) is 6.04 Å². The molecule has 0 saturated carbocycles. The Balaban J connectivity index is 2.12. The third-order valence-corrected chi connectivity index (χ3v) is 6.37. The molecular formula is C17H22ClNS2. The molecule has 1 aromatic heterocycles. The molecule has 2 unspecified atom stereocenters. The lowest BCUT2D eigenvalue weighted by molar-refractivity contribution is 0.640. The van der Waals surface area contributed by atoms with Crippen molar-refractivity contribution in [2.75, 3.05) is 0 Å². The number of rotatable bonds is 6. The van der Waals surface area contributed by atoms with Crippen molar-refractivity contribution in [3.05, 3.63) is 56.2 Å². The van der Waals surface area contributed by atoms with Crippen LogP contribution in [0.1, 0.15) is 40.2 Å². The maximum atomic E-state index is 6.33. The van der Waals surface area contributed by atoms with Crippen LogP contribution >= 0.6 is 34.7 Å². The van der Waals surface area contributed by atoms with Crippen molar-refractivity contribution in [1.29, 1.82) is 0 Å². The number of halogens is 1. The van der Waals surface area contributed by atoms with Gasteiger partial charge in [-0.05, 0) is 38.0 Å². The van der Waals surface area contributed by atoms with Crippen LogP contribution in [0.3, 0.4) is 0 Å². The van der Waals surface area contributed by atoms with Crippen LogP contribution in [0.2, 0.25) is 4.34 Å². The Morgan fingerprint density at radius 2 is 1.86 bits per heavy atom. The molecule has 114 valence electrons. The minimum Gasteiger partial charge on any atom is -0.326 e. The van der Waals surface area contributed by atoms with Crippen LogP contribution in [0, 0.1) is 13.8 Å². The summed E-state index contributed by atoms with van der Waals surface area (Å²) in [6.07, 6.45) is 0.972. The third kappa shape index (κ3) is 4.75. The first-order valence-corrected chi connectivity index (χ1v) is 9.43. The highest BCUT2D eigenvalue weighted by atomic mass is 35.5. The molecule has 21 heavy (non-hydrogen) atoms. The van der Waals surface area contributed by atoms with E-state index in [1.807, 2.05) is 17.8 Å². The molecule has 0 bridgehead atoms. The second-order valence-electron chi connectivity index (χ2n) is 5.44. The molecule has 0 fully saturated rings. The SMILES string of the molecule is CCC(N)C(SCc1cc(C)cc(C)c1)c1ccc(Cl)s1. The maximum absolute atomic E-state index is 6.33.